The van der Waals surface area contributed by atoms with Crippen LogP contribution in [0.2, 0.25) is 0 Å². The van der Waals surface area contributed by atoms with Crippen molar-refractivity contribution < 1.29 is 5.11 Å². The number of anilines is 1. The highest BCUT2D eigenvalue weighted by Crippen LogP contribution is 2.16. The highest BCUT2D eigenvalue weighted by atomic mass is 16.3. The van der Waals surface area contributed by atoms with Gasteiger partial charge in [0.2, 0.25) is 0 Å². The van der Waals surface area contributed by atoms with Gasteiger partial charge in [0.05, 0.1) is 6.61 Å². The third-order valence-corrected chi connectivity index (χ3v) is 3.03. The van der Waals surface area contributed by atoms with E-state index in [2.05, 4.69) is 26.9 Å². The number of hydrogen-bond donors (Lipinski definition) is 1. The molecule has 0 amide bonds. The summed E-state index contributed by atoms with van der Waals surface area (Å²) in [4.78, 5) is 8.88. The van der Waals surface area contributed by atoms with Gasteiger partial charge in [-0.1, -0.05) is 13.8 Å². The third kappa shape index (κ3) is 4.27. The highest BCUT2D eigenvalue weighted by Gasteiger charge is 2.16. The molecule has 4 nitrogen and oxygen atoms in total. The minimum Gasteiger partial charge on any atom is -0.395 e. The van der Waals surface area contributed by atoms with Crippen LogP contribution in [0, 0.1) is 6.92 Å². The lowest BCUT2D eigenvalue weighted by atomic mass is 10.2. The van der Waals surface area contributed by atoms with E-state index in [0.29, 0.717) is 0 Å². The van der Waals surface area contributed by atoms with Crippen LogP contribution in [0.25, 0.3) is 0 Å². The lowest BCUT2D eigenvalue weighted by Gasteiger charge is -2.35. The predicted octanol–water partition coefficient (Wildman–Crippen LogP) is 1.53. The minimum atomic E-state index is 0.258. The Morgan fingerprint density at radius 3 is 2.44 bits per heavy atom. The van der Waals surface area contributed by atoms with Crippen molar-refractivity contribution in [2.75, 3.05) is 44.2 Å². The number of β-amino-alcohol motifs (C(OH)–C–C–N with tert-alkyl or cyclic N) is 1. The van der Waals surface area contributed by atoms with Crippen LogP contribution in [-0.2, 0) is 0 Å². The number of aliphatic hydroxyl groups excluding tert-OH is 1. The summed E-state index contributed by atoms with van der Waals surface area (Å²) in [5, 5.41) is 8.87. The van der Waals surface area contributed by atoms with Gasteiger partial charge in [-0.3, -0.25) is 9.88 Å². The number of aliphatic hydroxyl groups is 1. The van der Waals surface area contributed by atoms with Crippen LogP contribution in [-0.4, -0.2) is 54.3 Å². The van der Waals surface area contributed by atoms with E-state index in [0.717, 1.165) is 38.4 Å². The van der Waals surface area contributed by atoms with Gasteiger partial charge in [-0.05, 0) is 19.1 Å². The van der Waals surface area contributed by atoms with E-state index < -0.39 is 0 Å². The molecule has 18 heavy (non-hydrogen) atoms. The molecule has 0 spiro atoms. The van der Waals surface area contributed by atoms with Crippen LogP contribution in [0.4, 0.5) is 5.69 Å². The molecule has 0 saturated carbocycles. The molecule has 1 aliphatic heterocycles. The Morgan fingerprint density at radius 1 is 1.22 bits per heavy atom. The van der Waals surface area contributed by atoms with Gasteiger partial charge in [-0.2, -0.15) is 0 Å². The Morgan fingerprint density at radius 2 is 1.89 bits per heavy atom. The van der Waals surface area contributed by atoms with E-state index in [1.54, 1.807) is 0 Å². The summed E-state index contributed by atoms with van der Waals surface area (Å²) < 4.78 is 0. The standard InChI is InChI=1S/C12H19N3O.C2H6/c1-11-10-12(2-3-13-11)15-6-4-14(5-7-15)8-9-16;1-2/h2-3,10,16H,4-9H2,1H3;1-2H3. The molecule has 1 N–H and O–H groups in total. The fourth-order valence-corrected chi connectivity index (χ4v) is 2.10. The molecular weight excluding hydrogens is 226 g/mol. The number of rotatable bonds is 3. The molecule has 1 aliphatic rings. The number of piperazine rings is 1. The maximum Gasteiger partial charge on any atom is 0.0558 e. The van der Waals surface area contributed by atoms with Crippen LogP contribution in [0.15, 0.2) is 18.3 Å². The van der Waals surface area contributed by atoms with Gasteiger partial charge >= 0.3 is 0 Å². The number of hydrogen-bond acceptors (Lipinski definition) is 4. The molecule has 102 valence electrons. The van der Waals surface area contributed by atoms with Gasteiger partial charge in [0, 0.05) is 50.3 Å². The summed E-state index contributed by atoms with van der Waals surface area (Å²) in [7, 11) is 0. The highest BCUT2D eigenvalue weighted by molar-refractivity contribution is 5.46. The Balaban J connectivity index is 0.000000771. The topological polar surface area (TPSA) is 39.6 Å². The molecule has 0 aromatic carbocycles. The Labute approximate surface area is 110 Å². The summed E-state index contributed by atoms with van der Waals surface area (Å²) >= 11 is 0. The second kappa shape index (κ2) is 8.06. The summed E-state index contributed by atoms with van der Waals surface area (Å²) in [5.74, 6) is 0. The van der Waals surface area contributed by atoms with Gasteiger partial charge < -0.3 is 10.0 Å². The van der Waals surface area contributed by atoms with E-state index in [4.69, 9.17) is 5.11 Å². The van der Waals surface area contributed by atoms with Crippen molar-refractivity contribution in [2.24, 2.45) is 0 Å². The van der Waals surface area contributed by atoms with E-state index in [1.807, 2.05) is 27.0 Å². The van der Waals surface area contributed by atoms with E-state index in [9.17, 15) is 0 Å². The largest absolute Gasteiger partial charge is 0.395 e. The smallest absolute Gasteiger partial charge is 0.0558 e. The third-order valence-electron chi connectivity index (χ3n) is 3.03. The zero-order chi connectivity index (χ0) is 13.4. The SMILES string of the molecule is CC.Cc1cc(N2CCN(CCO)CC2)ccn1. The van der Waals surface area contributed by atoms with Gasteiger partial charge in [-0.15, -0.1) is 0 Å². The molecular formula is C14H25N3O. The first kappa shape index (κ1) is 14.9. The normalized spacial score (nSPS) is 16.1. The molecule has 0 aliphatic carbocycles. The molecule has 2 rings (SSSR count). The number of nitrogens with zero attached hydrogens (tertiary/aromatic N) is 3. The first-order valence-corrected chi connectivity index (χ1v) is 6.80. The monoisotopic (exact) mass is 251 g/mol. The number of pyridine rings is 1. The molecule has 1 aromatic heterocycles. The average Bonchev–Trinajstić information content (AvgIpc) is 2.42. The van der Waals surface area contributed by atoms with Crippen LogP contribution >= 0.6 is 0 Å². The Hall–Kier alpha value is -1.13. The molecule has 1 saturated heterocycles. The lowest BCUT2D eigenvalue weighted by Crippen LogP contribution is -2.47. The summed E-state index contributed by atoms with van der Waals surface area (Å²) in [6.07, 6.45) is 1.87. The van der Waals surface area contributed by atoms with E-state index in [1.165, 1.54) is 5.69 Å². The lowest BCUT2D eigenvalue weighted by molar-refractivity contribution is 0.189. The quantitative estimate of drug-likeness (QED) is 0.884. The molecule has 0 unspecified atom stereocenters. The zero-order valence-corrected chi connectivity index (χ0v) is 11.8. The first-order valence-electron chi connectivity index (χ1n) is 6.80. The zero-order valence-electron chi connectivity index (χ0n) is 11.8. The van der Waals surface area contributed by atoms with Crippen molar-refractivity contribution in [3.05, 3.63) is 24.0 Å². The van der Waals surface area contributed by atoms with Gasteiger partial charge in [0.1, 0.15) is 0 Å². The minimum absolute atomic E-state index is 0.258. The average molecular weight is 251 g/mol. The van der Waals surface area contributed by atoms with Crippen molar-refractivity contribution >= 4 is 5.69 Å². The second-order valence-corrected chi connectivity index (χ2v) is 4.21. The summed E-state index contributed by atoms with van der Waals surface area (Å²) in [5.41, 5.74) is 2.33. The van der Waals surface area contributed by atoms with Crippen LogP contribution in [0.5, 0.6) is 0 Å². The van der Waals surface area contributed by atoms with E-state index in [-0.39, 0.29) is 6.61 Å². The van der Waals surface area contributed by atoms with Crippen molar-refractivity contribution in [3.8, 4) is 0 Å². The number of aryl methyl sites for hydroxylation is 1. The first-order chi connectivity index (χ1) is 8.79. The second-order valence-electron chi connectivity index (χ2n) is 4.21. The van der Waals surface area contributed by atoms with Crippen molar-refractivity contribution in [1.29, 1.82) is 0 Å². The fraction of sp³-hybridized carbons (Fsp3) is 0.643. The molecule has 1 aromatic rings. The van der Waals surface area contributed by atoms with Gasteiger partial charge in [-0.25, -0.2) is 0 Å². The van der Waals surface area contributed by atoms with E-state index >= 15 is 0 Å². The summed E-state index contributed by atoms with van der Waals surface area (Å²) in [6, 6.07) is 4.19. The van der Waals surface area contributed by atoms with Crippen molar-refractivity contribution in [1.82, 2.24) is 9.88 Å². The molecule has 2 heterocycles. The van der Waals surface area contributed by atoms with Crippen molar-refractivity contribution in [2.45, 2.75) is 20.8 Å². The maximum absolute atomic E-state index is 8.87. The maximum atomic E-state index is 8.87. The van der Waals surface area contributed by atoms with Crippen LogP contribution < -0.4 is 4.90 Å². The predicted molar refractivity (Wildman–Crippen MR) is 76.1 cm³/mol. The van der Waals surface area contributed by atoms with Crippen LogP contribution in [0.1, 0.15) is 19.5 Å². The van der Waals surface area contributed by atoms with Gasteiger partial charge in [0.25, 0.3) is 0 Å². The fourth-order valence-electron chi connectivity index (χ4n) is 2.10. The van der Waals surface area contributed by atoms with Gasteiger partial charge in [0.15, 0.2) is 0 Å². The molecule has 1 fully saturated rings. The molecule has 0 bridgehead atoms. The molecule has 4 heteroatoms. The number of aromatic nitrogens is 1. The summed E-state index contributed by atoms with van der Waals surface area (Å²) in [6.45, 7) is 11.2. The Kier molecular flexibility index (Phi) is 6.68. The van der Waals surface area contributed by atoms with Crippen LogP contribution in [0.3, 0.4) is 0 Å². The van der Waals surface area contributed by atoms with Crippen molar-refractivity contribution in [3.63, 3.8) is 0 Å². The molecule has 0 atom stereocenters. The molecule has 0 radical (unpaired) electrons. The Bertz CT molecular complexity index is 336.